The molecule has 0 aromatic carbocycles. The normalized spacial score (nSPS) is 19.6. The van der Waals surface area contributed by atoms with E-state index in [0.717, 1.165) is 18.9 Å². The number of hydrogen-bond acceptors (Lipinski definition) is 3. The molecule has 0 bridgehead atoms. The van der Waals surface area contributed by atoms with Crippen LogP contribution in [0.3, 0.4) is 0 Å². The van der Waals surface area contributed by atoms with Crippen molar-refractivity contribution in [2.45, 2.75) is 30.9 Å². The van der Waals surface area contributed by atoms with E-state index in [1.54, 1.807) is 0 Å². The lowest BCUT2D eigenvalue weighted by Gasteiger charge is -2.01. The average Bonchev–Trinajstić information content (AvgIpc) is 2.37. The van der Waals surface area contributed by atoms with Crippen LogP contribution in [-0.4, -0.2) is 19.7 Å². The first-order valence-electron chi connectivity index (χ1n) is 3.50. The van der Waals surface area contributed by atoms with Crippen LogP contribution in [-0.2, 0) is 14.8 Å². The number of carbonyl (C=O) groups excluding carboxylic acids is 1. The van der Waals surface area contributed by atoms with Crippen molar-refractivity contribution in [3.8, 4) is 0 Å². The largest absolute Gasteiger partial charge is 0.266 e. The molecule has 0 saturated heterocycles. The van der Waals surface area contributed by atoms with Crippen LogP contribution in [0.25, 0.3) is 0 Å². The van der Waals surface area contributed by atoms with Gasteiger partial charge in [-0.15, -0.1) is 0 Å². The predicted octanol–water partition coefficient (Wildman–Crippen LogP) is 0.595. The molecule has 4 nitrogen and oxygen atoms in total. The van der Waals surface area contributed by atoms with Crippen LogP contribution < -0.4 is 0 Å². The van der Waals surface area contributed by atoms with E-state index in [1.807, 2.05) is 0 Å². The first-order chi connectivity index (χ1) is 5.17. The smallest absolute Gasteiger partial charge is 0.210 e. The highest BCUT2D eigenvalue weighted by Crippen LogP contribution is 2.25. The Kier molecular flexibility index (Phi) is 2.42. The molecule has 1 aliphatic carbocycles. The molecule has 0 unspecified atom stereocenters. The highest BCUT2D eigenvalue weighted by atomic mass is 32.2. The van der Waals surface area contributed by atoms with Gasteiger partial charge in [0.2, 0.25) is 0 Å². The van der Waals surface area contributed by atoms with Gasteiger partial charge < -0.3 is 0 Å². The molecule has 0 atom stereocenters. The predicted molar refractivity (Wildman–Crippen MR) is 39.3 cm³/mol. The minimum atomic E-state index is -3.51. The molecule has 0 aromatic heterocycles. The monoisotopic (exact) mass is 175 g/mol. The summed E-state index contributed by atoms with van der Waals surface area (Å²) in [5, 5.41) is -0.427. The molecule has 62 valence electrons. The van der Waals surface area contributed by atoms with Crippen LogP contribution in [0.1, 0.15) is 25.7 Å². The highest BCUT2D eigenvalue weighted by molar-refractivity contribution is 7.90. The van der Waals surface area contributed by atoms with Crippen molar-refractivity contribution in [3.63, 3.8) is 0 Å². The van der Waals surface area contributed by atoms with Crippen LogP contribution in [0.2, 0.25) is 0 Å². The van der Waals surface area contributed by atoms with Crippen LogP contribution >= 0.6 is 0 Å². The van der Waals surface area contributed by atoms with Gasteiger partial charge in [0.1, 0.15) is 0 Å². The summed E-state index contributed by atoms with van der Waals surface area (Å²) in [7, 11) is -3.51. The first-order valence-corrected chi connectivity index (χ1v) is 5.00. The van der Waals surface area contributed by atoms with E-state index < -0.39 is 15.3 Å². The summed E-state index contributed by atoms with van der Waals surface area (Å²) >= 11 is 0. The quantitative estimate of drug-likeness (QED) is 0.456. The maximum Gasteiger partial charge on any atom is 0.266 e. The van der Waals surface area contributed by atoms with Gasteiger partial charge in [0, 0.05) is 0 Å². The van der Waals surface area contributed by atoms with Gasteiger partial charge in [0.05, 0.1) is 5.25 Å². The van der Waals surface area contributed by atoms with E-state index in [1.165, 1.54) is 0 Å². The molecular formula is C6H9NO3S. The fraction of sp³-hybridized carbons (Fsp3) is 0.833. The summed E-state index contributed by atoms with van der Waals surface area (Å²) in [5.41, 5.74) is 0. The number of hydrogen-bond donors (Lipinski definition) is 0. The molecule has 0 spiro atoms. The molecule has 1 fully saturated rings. The Morgan fingerprint density at radius 2 is 1.82 bits per heavy atom. The lowest BCUT2D eigenvalue weighted by Crippen LogP contribution is -2.14. The lowest BCUT2D eigenvalue weighted by atomic mass is 10.4. The van der Waals surface area contributed by atoms with Crippen molar-refractivity contribution in [3.05, 3.63) is 0 Å². The summed E-state index contributed by atoms with van der Waals surface area (Å²) in [6.45, 7) is 0. The van der Waals surface area contributed by atoms with E-state index in [4.69, 9.17) is 0 Å². The standard InChI is InChI=1S/C6H9NO3S/c8-5-7-11(9,10)6-3-1-2-4-6/h6H,1-4H2. The molecule has 0 radical (unpaired) electrons. The van der Waals surface area contributed by atoms with Gasteiger partial charge in [-0.05, 0) is 12.8 Å². The molecule has 5 heteroatoms. The second-order valence-corrected chi connectivity index (χ2v) is 4.48. The zero-order valence-corrected chi connectivity index (χ0v) is 6.80. The zero-order valence-electron chi connectivity index (χ0n) is 5.99. The molecule has 0 aromatic rings. The first kappa shape index (κ1) is 8.43. The Bertz CT molecular complexity index is 270. The van der Waals surface area contributed by atoms with Gasteiger partial charge in [-0.2, -0.15) is 0 Å². The minimum Gasteiger partial charge on any atom is -0.210 e. The Labute approximate surface area is 65.4 Å². The molecule has 0 N–H and O–H groups in total. The average molecular weight is 175 g/mol. The van der Waals surface area contributed by atoms with Gasteiger partial charge >= 0.3 is 0 Å². The van der Waals surface area contributed by atoms with Crippen molar-refractivity contribution in [1.29, 1.82) is 0 Å². The summed E-state index contributed by atoms with van der Waals surface area (Å²) in [6, 6.07) is 0. The van der Waals surface area contributed by atoms with Crippen LogP contribution in [0, 0.1) is 0 Å². The number of isocyanates is 1. The molecule has 0 amide bonds. The third-order valence-corrected chi connectivity index (χ3v) is 3.53. The second kappa shape index (κ2) is 3.15. The molecule has 0 aliphatic heterocycles. The summed E-state index contributed by atoms with van der Waals surface area (Å²) in [4.78, 5) is 9.71. The van der Waals surface area contributed by atoms with Gasteiger partial charge in [-0.3, -0.25) is 0 Å². The SMILES string of the molecule is O=C=NS(=O)(=O)C1CCCC1. The van der Waals surface area contributed by atoms with Gasteiger partial charge in [-0.25, -0.2) is 13.2 Å². The molecule has 1 saturated carbocycles. The maximum absolute atomic E-state index is 11.0. The summed E-state index contributed by atoms with van der Waals surface area (Å²) in [6.07, 6.45) is 4.17. The Morgan fingerprint density at radius 3 is 2.27 bits per heavy atom. The fourth-order valence-corrected chi connectivity index (χ4v) is 2.49. The molecule has 1 rings (SSSR count). The molecule has 1 aliphatic rings. The van der Waals surface area contributed by atoms with E-state index in [-0.39, 0.29) is 0 Å². The maximum atomic E-state index is 11.0. The third kappa shape index (κ3) is 1.88. The summed E-state index contributed by atoms with van der Waals surface area (Å²) < 4.78 is 24.8. The Balaban J connectivity index is 2.79. The topological polar surface area (TPSA) is 63.6 Å². The van der Waals surface area contributed by atoms with E-state index in [9.17, 15) is 13.2 Å². The lowest BCUT2D eigenvalue weighted by molar-refractivity contribution is 0.561. The Morgan fingerprint density at radius 1 is 1.27 bits per heavy atom. The van der Waals surface area contributed by atoms with Gasteiger partial charge in [-0.1, -0.05) is 17.2 Å². The number of nitrogens with zero attached hydrogens (tertiary/aromatic N) is 1. The third-order valence-electron chi connectivity index (χ3n) is 1.89. The van der Waals surface area contributed by atoms with Crippen LogP contribution in [0.15, 0.2) is 4.40 Å². The highest BCUT2D eigenvalue weighted by Gasteiger charge is 2.27. The van der Waals surface area contributed by atoms with Gasteiger partial charge in [0.25, 0.3) is 16.1 Å². The van der Waals surface area contributed by atoms with E-state index >= 15 is 0 Å². The fourth-order valence-electron chi connectivity index (χ4n) is 1.31. The molecule has 11 heavy (non-hydrogen) atoms. The zero-order chi connectivity index (χ0) is 8.32. The summed E-state index contributed by atoms with van der Waals surface area (Å²) in [5.74, 6) is 0. The van der Waals surface area contributed by atoms with E-state index in [2.05, 4.69) is 4.40 Å². The van der Waals surface area contributed by atoms with Crippen molar-refractivity contribution in [1.82, 2.24) is 0 Å². The molecule has 0 heterocycles. The van der Waals surface area contributed by atoms with Gasteiger partial charge in [0.15, 0.2) is 0 Å². The van der Waals surface area contributed by atoms with Crippen molar-refractivity contribution in [2.75, 3.05) is 0 Å². The molecular weight excluding hydrogens is 166 g/mol. The minimum absolute atomic E-state index is 0.427. The second-order valence-electron chi connectivity index (χ2n) is 2.60. The van der Waals surface area contributed by atoms with Crippen LogP contribution in [0.5, 0.6) is 0 Å². The van der Waals surface area contributed by atoms with Crippen molar-refractivity contribution >= 4 is 16.1 Å². The number of sulfonamides is 1. The van der Waals surface area contributed by atoms with E-state index in [0.29, 0.717) is 12.8 Å². The van der Waals surface area contributed by atoms with Crippen LogP contribution in [0.4, 0.5) is 0 Å². The Hall–Kier alpha value is -0.670. The number of rotatable bonds is 2. The van der Waals surface area contributed by atoms with Crippen molar-refractivity contribution < 1.29 is 13.2 Å². The van der Waals surface area contributed by atoms with Crippen molar-refractivity contribution in [2.24, 2.45) is 4.40 Å².